The first-order valence-electron chi connectivity index (χ1n) is 1.48. The zero-order valence-electron chi connectivity index (χ0n) is 3.93. The van der Waals surface area contributed by atoms with E-state index >= 15 is 0 Å². The van der Waals surface area contributed by atoms with Crippen LogP contribution in [-0.4, -0.2) is 5.10 Å². The molecule has 0 bridgehead atoms. The molecule has 0 atom stereocenters. The van der Waals surface area contributed by atoms with Gasteiger partial charge in [-0.25, -0.2) is 0 Å². The van der Waals surface area contributed by atoms with Crippen molar-refractivity contribution in [3.63, 3.8) is 0 Å². The van der Waals surface area contributed by atoms with Gasteiger partial charge in [-0.1, -0.05) is 15.9 Å². The van der Waals surface area contributed by atoms with Crippen LogP contribution in [0.1, 0.15) is 0 Å². The minimum Gasteiger partial charge on any atom is -0.581 e. The molecule has 0 N–H and O–H groups in total. The first kappa shape index (κ1) is 7.69. The van der Waals surface area contributed by atoms with Gasteiger partial charge >= 0.3 is 29.6 Å². The maximum Gasteiger partial charge on any atom is 1.00 e. The second kappa shape index (κ2) is 3.66. The number of nitrogens with zero attached hydrogens (tertiary/aromatic N) is 2. The molecular formula is C3H2BrN2Na. The Bertz CT molecular complexity index is 116. The molecule has 7 heavy (non-hydrogen) atoms. The van der Waals surface area contributed by atoms with Crippen molar-refractivity contribution in [2.75, 3.05) is 0 Å². The summed E-state index contributed by atoms with van der Waals surface area (Å²) in [7, 11) is 0. The summed E-state index contributed by atoms with van der Waals surface area (Å²) < 4.78 is 0.933. The van der Waals surface area contributed by atoms with Crippen LogP contribution in [0.3, 0.4) is 0 Å². The molecule has 0 amide bonds. The van der Waals surface area contributed by atoms with E-state index in [1.165, 1.54) is 0 Å². The molecule has 0 fully saturated rings. The average molecular weight is 169 g/mol. The van der Waals surface area contributed by atoms with Crippen LogP contribution in [0, 0.1) is 0 Å². The summed E-state index contributed by atoms with van der Waals surface area (Å²) in [4.78, 5) is 0. The van der Waals surface area contributed by atoms with Gasteiger partial charge in [0.25, 0.3) is 0 Å². The fraction of sp³-hybridized carbons (Fsp3) is 0. The topological polar surface area (TPSA) is 27.0 Å². The third-order valence-corrected chi connectivity index (χ3v) is 0.838. The maximum absolute atomic E-state index is 3.52. The van der Waals surface area contributed by atoms with E-state index in [0.717, 1.165) is 4.47 Å². The van der Waals surface area contributed by atoms with Crippen LogP contribution in [0.4, 0.5) is 0 Å². The third-order valence-electron chi connectivity index (χ3n) is 0.429. The smallest absolute Gasteiger partial charge is 0.581 e. The van der Waals surface area contributed by atoms with Gasteiger partial charge in [0.2, 0.25) is 0 Å². The van der Waals surface area contributed by atoms with Gasteiger partial charge in [-0.05, 0) is 0 Å². The molecule has 32 valence electrons. The van der Waals surface area contributed by atoms with E-state index in [0.29, 0.717) is 0 Å². The van der Waals surface area contributed by atoms with E-state index < -0.39 is 0 Å². The molecule has 1 rings (SSSR count). The second-order valence-electron chi connectivity index (χ2n) is 0.874. The zero-order valence-corrected chi connectivity index (χ0v) is 7.51. The van der Waals surface area contributed by atoms with Crippen molar-refractivity contribution in [2.45, 2.75) is 0 Å². The Morgan fingerprint density at radius 2 is 2.43 bits per heavy atom. The van der Waals surface area contributed by atoms with Crippen LogP contribution < -0.4 is 34.7 Å². The molecule has 0 aliphatic rings. The number of aromatic nitrogens is 2. The fourth-order valence-electron chi connectivity index (χ4n) is 0.210. The van der Waals surface area contributed by atoms with Gasteiger partial charge in [-0.2, -0.15) is 0 Å². The number of hydrogen-bond donors (Lipinski definition) is 0. The first-order valence-corrected chi connectivity index (χ1v) is 2.28. The quantitative estimate of drug-likeness (QED) is 0.412. The monoisotopic (exact) mass is 168 g/mol. The van der Waals surface area contributed by atoms with Gasteiger partial charge in [0.15, 0.2) is 0 Å². The number of hydrogen-bond acceptors (Lipinski definition) is 1. The zero-order chi connectivity index (χ0) is 4.41. The molecule has 1 aromatic rings. The van der Waals surface area contributed by atoms with Gasteiger partial charge in [-0.3, -0.25) is 0 Å². The average Bonchev–Trinajstić information content (AvgIpc) is 1.86. The Morgan fingerprint density at radius 1 is 1.71 bits per heavy atom. The molecule has 2 nitrogen and oxygen atoms in total. The molecule has 0 radical (unpaired) electrons. The largest absolute Gasteiger partial charge is 1.00 e. The first-order chi connectivity index (χ1) is 2.89. The van der Waals surface area contributed by atoms with Crippen molar-refractivity contribution in [1.29, 1.82) is 0 Å². The van der Waals surface area contributed by atoms with Crippen molar-refractivity contribution in [2.24, 2.45) is 0 Å². The molecule has 0 spiro atoms. The van der Waals surface area contributed by atoms with E-state index in [1.807, 2.05) is 0 Å². The van der Waals surface area contributed by atoms with Crippen molar-refractivity contribution >= 4 is 15.9 Å². The van der Waals surface area contributed by atoms with Crippen LogP contribution in [0.15, 0.2) is 16.9 Å². The molecule has 0 saturated heterocycles. The Balaban J connectivity index is 0.000000360. The summed E-state index contributed by atoms with van der Waals surface area (Å²) in [5, 5.41) is 7.05. The molecule has 1 aromatic heterocycles. The third kappa shape index (κ3) is 2.49. The Morgan fingerprint density at radius 3 is 2.57 bits per heavy atom. The van der Waals surface area contributed by atoms with Crippen molar-refractivity contribution in [1.82, 2.24) is 10.2 Å². The number of rotatable bonds is 0. The van der Waals surface area contributed by atoms with E-state index in [2.05, 4.69) is 26.1 Å². The van der Waals surface area contributed by atoms with Crippen LogP contribution >= 0.6 is 15.9 Å². The Hall–Kier alpha value is 0.690. The van der Waals surface area contributed by atoms with Gasteiger partial charge in [0, 0.05) is 10.7 Å². The normalized spacial score (nSPS) is 7.57. The van der Waals surface area contributed by atoms with Gasteiger partial charge in [0.05, 0.1) is 0 Å². The Labute approximate surface area is 72.1 Å². The summed E-state index contributed by atoms with van der Waals surface area (Å²) in [5.41, 5.74) is 0. The minimum atomic E-state index is 0. The SMILES string of the molecule is Brc1cn[n-]c1.[Na+]. The summed E-state index contributed by atoms with van der Waals surface area (Å²) >= 11 is 3.16. The molecule has 0 aromatic carbocycles. The Kier molecular flexibility index (Phi) is 4.02. The van der Waals surface area contributed by atoms with Crippen molar-refractivity contribution in [3.05, 3.63) is 16.9 Å². The van der Waals surface area contributed by atoms with Gasteiger partial charge in [0.1, 0.15) is 0 Å². The molecule has 4 heteroatoms. The van der Waals surface area contributed by atoms with Crippen LogP contribution in [0.25, 0.3) is 0 Å². The maximum atomic E-state index is 3.52. The molecule has 0 saturated carbocycles. The van der Waals surface area contributed by atoms with E-state index in [9.17, 15) is 0 Å². The minimum absolute atomic E-state index is 0. The second-order valence-corrected chi connectivity index (χ2v) is 1.79. The molecule has 1 heterocycles. The van der Waals surface area contributed by atoms with E-state index in [-0.39, 0.29) is 29.6 Å². The van der Waals surface area contributed by atoms with Crippen LogP contribution in [-0.2, 0) is 0 Å². The van der Waals surface area contributed by atoms with Crippen molar-refractivity contribution < 1.29 is 29.6 Å². The summed E-state index contributed by atoms with van der Waals surface area (Å²) in [6.07, 6.45) is 3.28. The molecule has 0 aliphatic heterocycles. The summed E-state index contributed by atoms with van der Waals surface area (Å²) in [6, 6.07) is 0. The fourth-order valence-corrected chi connectivity index (χ4v) is 0.393. The van der Waals surface area contributed by atoms with Crippen molar-refractivity contribution in [3.8, 4) is 0 Å². The summed E-state index contributed by atoms with van der Waals surface area (Å²) in [5.74, 6) is 0. The standard InChI is InChI=1S/C3H2BrN2.Na/c4-3-1-5-6-2-3;/h1-2H;/q-1;+1. The number of halogens is 1. The van der Waals surface area contributed by atoms with Crippen LogP contribution in [0.2, 0.25) is 0 Å². The molecular weight excluding hydrogens is 167 g/mol. The summed E-state index contributed by atoms with van der Waals surface area (Å²) in [6.45, 7) is 0. The predicted octanol–water partition coefficient (Wildman–Crippen LogP) is -2.19. The predicted molar refractivity (Wildman–Crippen MR) is 25.3 cm³/mol. The molecule has 0 aliphatic carbocycles. The van der Waals surface area contributed by atoms with Gasteiger partial charge < -0.3 is 10.2 Å². The van der Waals surface area contributed by atoms with Crippen LogP contribution in [0.5, 0.6) is 0 Å². The molecule has 0 unspecified atom stereocenters. The van der Waals surface area contributed by atoms with Gasteiger partial charge in [-0.15, -0.1) is 6.20 Å². The van der Waals surface area contributed by atoms with E-state index in [4.69, 9.17) is 0 Å². The van der Waals surface area contributed by atoms with E-state index in [1.54, 1.807) is 12.4 Å².